The summed E-state index contributed by atoms with van der Waals surface area (Å²) in [5.74, 6) is 0. The molecule has 0 nitrogen and oxygen atoms in total. The SMILES string of the molecule is Clc1c[c-]cc(Cl)c1.F[B-](F)(F)F.F[B-](F)(F)F.F[B-](F)(F)F.[K+]. The monoisotopic (exact) mass is 445 g/mol. The molecule has 0 radical (unpaired) electrons. The maximum absolute atomic E-state index is 9.75. The Hall–Kier alpha value is 0.791. The zero-order valence-electron chi connectivity index (χ0n) is 11.3. The first-order chi connectivity index (χ1) is 9.79. The first-order valence-corrected chi connectivity index (χ1v) is 5.48. The summed E-state index contributed by atoms with van der Waals surface area (Å²) in [6, 6.07) is 7.75. The van der Waals surface area contributed by atoms with Gasteiger partial charge in [-0.25, -0.2) is 0 Å². The van der Waals surface area contributed by atoms with Crippen molar-refractivity contribution in [2.45, 2.75) is 0 Å². The van der Waals surface area contributed by atoms with E-state index in [1.54, 1.807) is 18.2 Å². The number of halogens is 14. The molecular weight excluding hydrogens is 442 g/mol. The summed E-state index contributed by atoms with van der Waals surface area (Å²) in [4.78, 5) is 0. The van der Waals surface area contributed by atoms with Crippen LogP contribution in [0.3, 0.4) is 0 Å². The van der Waals surface area contributed by atoms with E-state index in [-0.39, 0.29) is 51.4 Å². The smallest absolute Gasteiger partial charge is 0.418 e. The molecule has 0 saturated carbocycles. The molecule has 0 aliphatic carbocycles. The van der Waals surface area contributed by atoms with Crippen LogP contribution in [0.2, 0.25) is 10.0 Å². The summed E-state index contributed by atoms with van der Waals surface area (Å²) in [6.45, 7) is 0. The van der Waals surface area contributed by atoms with Crippen molar-refractivity contribution in [3.8, 4) is 0 Å². The first-order valence-electron chi connectivity index (χ1n) is 4.73. The number of hydrogen-bond donors (Lipinski definition) is 0. The molecule has 0 unspecified atom stereocenters. The van der Waals surface area contributed by atoms with Gasteiger partial charge in [-0.15, -0.1) is 6.07 Å². The molecule has 0 heterocycles. The van der Waals surface area contributed by atoms with Crippen molar-refractivity contribution in [1.29, 1.82) is 0 Å². The van der Waals surface area contributed by atoms with Crippen LogP contribution in [-0.2, 0) is 0 Å². The van der Waals surface area contributed by atoms with E-state index in [1.807, 2.05) is 0 Å². The Morgan fingerprint density at radius 3 is 0.833 bits per heavy atom. The molecule has 0 aliphatic rings. The standard InChI is InChI=1S/C6H3Cl2.3BF4.K/c7-5-2-1-3-6(8)4-5;3*2-1(3,4)5;/h2-4H;;;;/q4*-1;+1. The van der Waals surface area contributed by atoms with Gasteiger partial charge < -0.3 is 51.8 Å². The molecule has 0 saturated heterocycles. The summed E-state index contributed by atoms with van der Waals surface area (Å²) in [5.41, 5.74) is 0. The van der Waals surface area contributed by atoms with E-state index in [9.17, 15) is 51.8 Å². The Labute approximate surface area is 181 Å². The van der Waals surface area contributed by atoms with Gasteiger partial charge in [-0.1, -0.05) is 10.0 Å². The van der Waals surface area contributed by atoms with Crippen LogP contribution in [0.1, 0.15) is 0 Å². The van der Waals surface area contributed by atoms with E-state index in [4.69, 9.17) is 23.2 Å². The van der Waals surface area contributed by atoms with E-state index in [0.29, 0.717) is 10.0 Å². The Balaban J connectivity index is -0.000000113. The van der Waals surface area contributed by atoms with Crippen LogP contribution < -0.4 is 51.4 Å². The van der Waals surface area contributed by atoms with Crippen molar-refractivity contribution in [1.82, 2.24) is 0 Å². The third-order valence-electron chi connectivity index (χ3n) is 0.718. The maximum atomic E-state index is 9.75. The molecular formula is C6H3B3Cl2F12K-3. The summed E-state index contributed by atoms with van der Waals surface area (Å²) in [6.07, 6.45) is 0. The molecule has 1 aromatic rings. The molecule has 0 N–H and O–H groups in total. The molecule has 0 atom stereocenters. The largest absolute Gasteiger partial charge is 1.00 e. The van der Waals surface area contributed by atoms with E-state index >= 15 is 0 Å². The predicted molar refractivity (Wildman–Crippen MR) is 65.9 cm³/mol. The van der Waals surface area contributed by atoms with Crippen LogP contribution in [0.25, 0.3) is 0 Å². The predicted octanol–water partition coefficient (Wildman–Crippen LogP) is 3.70. The van der Waals surface area contributed by atoms with Gasteiger partial charge >= 0.3 is 73.1 Å². The van der Waals surface area contributed by atoms with Gasteiger partial charge in [0, 0.05) is 0 Å². The van der Waals surface area contributed by atoms with Gasteiger partial charge in [0.05, 0.1) is 0 Å². The van der Waals surface area contributed by atoms with Crippen LogP contribution in [0.4, 0.5) is 51.8 Å². The number of rotatable bonds is 0. The Morgan fingerprint density at radius 1 is 0.583 bits per heavy atom. The van der Waals surface area contributed by atoms with E-state index in [0.717, 1.165) is 0 Å². The van der Waals surface area contributed by atoms with Gasteiger partial charge in [0.15, 0.2) is 0 Å². The van der Waals surface area contributed by atoms with Crippen molar-refractivity contribution in [3.63, 3.8) is 0 Å². The normalized spacial score (nSPS) is 10.6. The maximum Gasteiger partial charge on any atom is 1.00 e. The van der Waals surface area contributed by atoms with Crippen molar-refractivity contribution >= 4 is 45.0 Å². The third kappa shape index (κ3) is 92.9. The Bertz CT molecular complexity index is 359. The molecule has 0 bridgehead atoms. The molecule has 0 aliphatic heterocycles. The van der Waals surface area contributed by atoms with Crippen molar-refractivity contribution in [2.75, 3.05) is 0 Å². The van der Waals surface area contributed by atoms with Crippen LogP contribution in [-0.4, -0.2) is 21.8 Å². The molecule has 1 rings (SSSR count). The summed E-state index contributed by atoms with van der Waals surface area (Å²) in [7, 11) is -18.0. The van der Waals surface area contributed by atoms with Crippen molar-refractivity contribution in [2.24, 2.45) is 0 Å². The minimum Gasteiger partial charge on any atom is -0.418 e. The second-order valence-electron chi connectivity index (χ2n) is 2.85. The van der Waals surface area contributed by atoms with Gasteiger partial charge in [-0.3, -0.25) is 0 Å². The molecule has 0 spiro atoms. The van der Waals surface area contributed by atoms with Crippen LogP contribution >= 0.6 is 23.2 Å². The minimum absolute atomic E-state index is 0. The average Bonchev–Trinajstić information content (AvgIpc) is 2.07. The van der Waals surface area contributed by atoms with Crippen LogP contribution in [0.5, 0.6) is 0 Å². The second kappa shape index (κ2) is 14.9. The molecule has 0 amide bonds. The van der Waals surface area contributed by atoms with E-state index in [2.05, 4.69) is 6.07 Å². The topological polar surface area (TPSA) is 0 Å². The molecule has 18 heteroatoms. The fourth-order valence-corrected chi connectivity index (χ4v) is 0.833. The van der Waals surface area contributed by atoms with Gasteiger partial charge in [-0.05, 0) is 0 Å². The van der Waals surface area contributed by atoms with Gasteiger partial charge in [-0.2, -0.15) is 41.4 Å². The number of hydrogen-bond acceptors (Lipinski definition) is 0. The Kier molecular flexibility index (Phi) is 20.2. The molecule has 1 aromatic carbocycles. The fourth-order valence-electron chi connectivity index (χ4n) is 0.416. The van der Waals surface area contributed by atoms with Crippen LogP contribution in [0.15, 0.2) is 18.2 Å². The van der Waals surface area contributed by atoms with Crippen molar-refractivity contribution in [3.05, 3.63) is 34.3 Å². The zero-order chi connectivity index (χ0) is 19.5. The second-order valence-corrected chi connectivity index (χ2v) is 3.73. The fraction of sp³-hybridized carbons (Fsp3) is 0. The summed E-state index contributed by atoms with van der Waals surface area (Å²) < 4.78 is 117. The quantitative estimate of drug-likeness (QED) is 0.325. The zero-order valence-corrected chi connectivity index (χ0v) is 15.9. The average molecular weight is 446 g/mol. The number of benzene rings is 1. The summed E-state index contributed by atoms with van der Waals surface area (Å²) >= 11 is 11.1. The molecule has 0 aromatic heterocycles. The molecule has 24 heavy (non-hydrogen) atoms. The van der Waals surface area contributed by atoms with Gasteiger partial charge in [0.2, 0.25) is 0 Å². The van der Waals surface area contributed by atoms with Crippen molar-refractivity contribution < 1.29 is 103 Å². The third-order valence-corrected chi connectivity index (χ3v) is 1.15. The minimum atomic E-state index is -6.00. The van der Waals surface area contributed by atoms with Crippen LogP contribution in [0, 0.1) is 6.07 Å². The van der Waals surface area contributed by atoms with Gasteiger partial charge in [0.25, 0.3) is 0 Å². The van der Waals surface area contributed by atoms with Gasteiger partial charge in [0.1, 0.15) is 0 Å². The first kappa shape index (κ1) is 32.5. The molecule has 0 fully saturated rings. The van der Waals surface area contributed by atoms with E-state index < -0.39 is 21.8 Å². The molecule has 138 valence electrons. The summed E-state index contributed by atoms with van der Waals surface area (Å²) in [5, 5.41) is 1.25. The Morgan fingerprint density at radius 2 is 0.750 bits per heavy atom. The van der Waals surface area contributed by atoms with E-state index in [1.165, 1.54) is 0 Å².